The van der Waals surface area contributed by atoms with E-state index >= 15 is 0 Å². The number of phenolic OH excluding ortho intramolecular Hbond substituents is 1. The van der Waals surface area contributed by atoms with Gasteiger partial charge in [-0.15, -0.1) is 0 Å². The molecule has 82 valence electrons. The first kappa shape index (κ1) is 10.4. The molecule has 1 aromatic carbocycles. The van der Waals surface area contributed by atoms with E-state index in [1.54, 1.807) is 6.92 Å². The number of phenols is 1. The van der Waals surface area contributed by atoms with E-state index in [0.29, 0.717) is 5.39 Å². The van der Waals surface area contributed by atoms with Crippen molar-refractivity contribution in [3.8, 4) is 5.75 Å². The van der Waals surface area contributed by atoms with Crippen molar-refractivity contribution in [3.63, 3.8) is 0 Å². The zero-order valence-corrected chi connectivity index (χ0v) is 8.90. The Labute approximate surface area is 91.1 Å². The lowest BCUT2D eigenvalue weighted by Gasteiger charge is -2.03. The van der Waals surface area contributed by atoms with Gasteiger partial charge < -0.3 is 9.52 Å². The van der Waals surface area contributed by atoms with Crippen LogP contribution in [0.4, 0.5) is 0 Å². The first-order valence-electron chi connectivity index (χ1n) is 4.78. The Morgan fingerprint density at radius 1 is 1.38 bits per heavy atom. The van der Waals surface area contributed by atoms with Gasteiger partial charge in [0.2, 0.25) is 5.43 Å². The van der Waals surface area contributed by atoms with Crippen molar-refractivity contribution in [2.45, 2.75) is 13.8 Å². The Bertz CT molecular complexity index is 637. The van der Waals surface area contributed by atoms with Gasteiger partial charge in [-0.1, -0.05) is 0 Å². The summed E-state index contributed by atoms with van der Waals surface area (Å²) in [6.07, 6.45) is 0. The van der Waals surface area contributed by atoms with E-state index in [2.05, 4.69) is 0 Å². The second kappa shape index (κ2) is 3.48. The molecular formula is C12H10O4. The van der Waals surface area contributed by atoms with Crippen LogP contribution >= 0.6 is 0 Å². The molecule has 4 nitrogen and oxygen atoms in total. The van der Waals surface area contributed by atoms with Gasteiger partial charge in [0.1, 0.15) is 22.7 Å². The molecule has 1 N–H and O–H groups in total. The molecule has 16 heavy (non-hydrogen) atoms. The number of carbonyl (C=O) groups is 1. The third-order valence-electron chi connectivity index (χ3n) is 2.40. The first-order chi connectivity index (χ1) is 7.50. The largest absolute Gasteiger partial charge is 0.508 e. The molecule has 2 aromatic rings. The summed E-state index contributed by atoms with van der Waals surface area (Å²) in [6, 6.07) is 4.19. The molecule has 0 saturated carbocycles. The number of hydrogen-bond acceptors (Lipinski definition) is 4. The van der Waals surface area contributed by atoms with Crippen LogP contribution in [0.5, 0.6) is 5.75 Å². The van der Waals surface area contributed by atoms with Gasteiger partial charge in [-0.3, -0.25) is 9.59 Å². The van der Waals surface area contributed by atoms with Crippen molar-refractivity contribution in [3.05, 3.63) is 39.7 Å². The minimum absolute atomic E-state index is 0.0191. The van der Waals surface area contributed by atoms with Crippen LogP contribution in [0.25, 0.3) is 11.0 Å². The van der Waals surface area contributed by atoms with Gasteiger partial charge in [-0.25, -0.2) is 0 Å². The van der Waals surface area contributed by atoms with E-state index in [9.17, 15) is 14.7 Å². The normalized spacial score (nSPS) is 10.6. The predicted octanol–water partition coefficient (Wildman–Crippen LogP) is 2.01. The zero-order valence-electron chi connectivity index (χ0n) is 8.90. The van der Waals surface area contributed by atoms with Crippen LogP contribution < -0.4 is 5.43 Å². The zero-order chi connectivity index (χ0) is 11.9. The second-order valence-electron chi connectivity index (χ2n) is 3.60. The molecule has 0 unspecified atom stereocenters. The number of fused-ring (bicyclic) bond motifs is 1. The summed E-state index contributed by atoms with van der Waals surface area (Å²) < 4.78 is 5.33. The lowest BCUT2D eigenvalue weighted by molar-refractivity contribution is 0.101. The minimum Gasteiger partial charge on any atom is -0.508 e. The molecular weight excluding hydrogens is 208 g/mol. The van der Waals surface area contributed by atoms with Crippen LogP contribution in [0.3, 0.4) is 0 Å². The van der Waals surface area contributed by atoms with Crippen molar-refractivity contribution < 1.29 is 14.3 Å². The van der Waals surface area contributed by atoms with Gasteiger partial charge in [0.15, 0.2) is 5.78 Å². The molecule has 0 aliphatic carbocycles. The van der Waals surface area contributed by atoms with E-state index in [1.165, 1.54) is 25.1 Å². The topological polar surface area (TPSA) is 67.5 Å². The lowest BCUT2D eigenvalue weighted by Crippen LogP contribution is -2.14. The molecule has 0 amide bonds. The van der Waals surface area contributed by atoms with Crippen molar-refractivity contribution >= 4 is 16.8 Å². The molecule has 0 atom stereocenters. The number of aryl methyl sites for hydroxylation is 1. The van der Waals surface area contributed by atoms with Gasteiger partial charge in [0, 0.05) is 6.07 Å². The summed E-state index contributed by atoms with van der Waals surface area (Å²) in [7, 11) is 0. The van der Waals surface area contributed by atoms with E-state index in [-0.39, 0.29) is 33.9 Å². The van der Waals surface area contributed by atoms with Crippen molar-refractivity contribution in [1.29, 1.82) is 0 Å². The number of aromatic hydroxyl groups is 1. The highest BCUT2D eigenvalue weighted by Crippen LogP contribution is 2.20. The molecule has 2 rings (SSSR count). The van der Waals surface area contributed by atoms with Gasteiger partial charge in [0.25, 0.3) is 0 Å². The van der Waals surface area contributed by atoms with Gasteiger partial charge in [-0.05, 0) is 26.0 Å². The maximum atomic E-state index is 11.9. The summed E-state index contributed by atoms with van der Waals surface area (Å²) in [4.78, 5) is 23.2. The summed E-state index contributed by atoms with van der Waals surface area (Å²) in [5.41, 5.74) is -0.00283. The van der Waals surface area contributed by atoms with Gasteiger partial charge >= 0.3 is 0 Å². The summed E-state index contributed by atoms with van der Waals surface area (Å²) in [6.45, 7) is 2.88. The molecule has 4 heteroatoms. The standard InChI is InChI=1S/C12H10O4/c1-6(13)11-7(2)16-10-5-8(14)3-4-9(10)12(11)15/h3-5,14H,1-2H3. The monoisotopic (exact) mass is 218 g/mol. The van der Waals surface area contributed by atoms with Crippen molar-refractivity contribution in [1.82, 2.24) is 0 Å². The van der Waals surface area contributed by atoms with E-state index in [0.717, 1.165) is 0 Å². The highest BCUT2D eigenvalue weighted by Gasteiger charge is 2.15. The highest BCUT2D eigenvalue weighted by atomic mass is 16.3. The number of rotatable bonds is 1. The Morgan fingerprint density at radius 3 is 2.69 bits per heavy atom. The fourth-order valence-corrected chi connectivity index (χ4v) is 1.70. The maximum Gasteiger partial charge on any atom is 0.203 e. The van der Waals surface area contributed by atoms with E-state index in [4.69, 9.17) is 4.42 Å². The Morgan fingerprint density at radius 2 is 2.06 bits per heavy atom. The van der Waals surface area contributed by atoms with Gasteiger partial charge in [-0.2, -0.15) is 0 Å². The Hall–Kier alpha value is -2.10. The molecule has 0 radical (unpaired) electrons. The fraction of sp³-hybridized carbons (Fsp3) is 0.167. The molecule has 0 bridgehead atoms. The van der Waals surface area contributed by atoms with E-state index < -0.39 is 0 Å². The molecule has 0 aliphatic rings. The van der Waals surface area contributed by atoms with Crippen LogP contribution in [0, 0.1) is 6.92 Å². The SMILES string of the molecule is CC(=O)c1c(C)oc2cc(O)ccc2c1=O. The quantitative estimate of drug-likeness (QED) is 0.743. The third kappa shape index (κ3) is 1.48. The van der Waals surface area contributed by atoms with Crippen LogP contribution in [0.1, 0.15) is 23.0 Å². The average molecular weight is 218 g/mol. The van der Waals surface area contributed by atoms with Crippen molar-refractivity contribution in [2.24, 2.45) is 0 Å². The number of hydrogen-bond donors (Lipinski definition) is 1. The molecule has 0 fully saturated rings. The van der Waals surface area contributed by atoms with Crippen LogP contribution in [0.2, 0.25) is 0 Å². The molecule has 0 saturated heterocycles. The number of Topliss-reactive ketones (excluding diaryl/α,β-unsaturated/α-hetero) is 1. The number of ketones is 1. The third-order valence-corrected chi connectivity index (χ3v) is 2.40. The van der Waals surface area contributed by atoms with Gasteiger partial charge in [0.05, 0.1) is 5.39 Å². The molecule has 1 heterocycles. The highest BCUT2D eigenvalue weighted by molar-refractivity contribution is 5.97. The summed E-state index contributed by atoms with van der Waals surface area (Å²) in [5.74, 6) is -0.0255. The minimum atomic E-state index is -0.355. The predicted molar refractivity (Wildman–Crippen MR) is 58.9 cm³/mol. The smallest absolute Gasteiger partial charge is 0.203 e. The first-order valence-corrected chi connectivity index (χ1v) is 4.78. The van der Waals surface area contributed by atoms with Crippen LogP contribution in [-0.2, 0) is 0 Å². The number of carbonyl (C=O) groups excluding carboxylic acids is 1. The lowest BCUT2D eigenvalue weighted by atomic mass is 10.1. The molecule has 0 aliphatic heterocycles. The molecule has 0 spiro atoms. The molecule has 1 aromatic heterocycles. The number of benzene rings is 1. The fourth-order valence-electron chi connectivity index (χ4n) is 1.70. The summed E-state index contributed by atoms with van der Waals surface area (Å²) >= 11 is 0. The second-order valence-corrected chi connectivity index (χ2v) is 3.60. The van der Waals surface area contributed by atoms with Crippen molar-refractivity contribution in [2.75, 3.05) is 0 Å². The van der Waals surface area contributed by atoms with E-state index in [1.807, 2.05) is 0 Å². The Balaban J connectivity index is 2.95. The van der Waals surface area contributed by atoms with Crippen LogP contribution in [0.15, 0.2) is 27.4 Å². The van der Waals surface area contributed by atoms with Crippen LogP contribution in [-0.4, -0.2) is 10.9 Å². The summed E-state index contributed by atoms with van der Waals surface area (Å²) in [5, 5.41) is 9.56. The average Bonchev–Trinajstić information content (AvgIpc) is 2.15. The maximum absolute atomic E-state index is 11.9. The Kier molecular flexibility index (Phi) is 2.27.